The molecule has 156 valence electrons. The molecule has 0 saturated carbocycles. The maximum Gasteiger partial charge on any atom is 0.270 e. The van der Waals surface area contributed by atoms with Crippen molar-refractivity contribution >= 4 is 27.8 Å². The first-order chi connectivity index (χ1) is 15.3. The van der Waals surface area contributed by atoms with E-state index < -0.39 is 4.92 Å². The lowest BCUT2D eigenvalue weighted by Gasteiger charge is -2.35. The molecule has 0 amide bonds. The molecule has 0 spiro atoms. The Labute approximate surface area is 185 Å². The van der Waals surface area contributed by atoms with Crippen molar-refractivity contribution in [3.63, 3.8) is 0 Å². The second-order valence-electron chi connectivity index (χ2n) is 8.97. The van der Waals surface area contributed by atoms with E-state index in [1.165, 1.54) is 12.1 Å². The Hall–Kier alpha value is -4.04. The molecule has 0 radical (unpaired) electrons. The predicted molar refractivity (Wildman–Crippen MR) is 124 cm³/mol. The van der Waals surface area contributed by atoms with Gasteiger partial charge in [0.2, 0.25) is 0 Å². The van der Waals surface area contributed by atoms with Gasteiger partial charge in [-0.25, -0.2) is 0 Å². The number of nitriles is 1. The fraction of sp³-hybridized carbons (Fsp3) is 0.185. The number of benzene rings is 3. The summed E-state index contributed by atoms with van der Waals surface area (Å²) < 4.78 is 0. The summed E-state index contributed by atoms with van der Waals surface area (Å²) in [5, 5.41) is 22.4. The molecule has 3 aromatic rings. The van der Waals surface area contributed by atoms with Crippen molar-refractivity contribution in [2.24, 2.45) is 5.41 Å². The van der Waals surface area contributed by atoms with Crippen LogP contribution in [-0.4, -0.2) is 10.7 Å². The zero-order chi connectivity index (χ0) is 22.6. The molecule has 5 nitrogen and oxygen atoms in total. The van der Waals surface area contributed by atoms with Gasteiger partial charge in [0.05, 0.1) is 16.6 Å². The molecule has 0 fully saturated rings. The molecule has 2 aliphatic rings. The predicted octanol–water partition coefficient (Wildman–Crippen LogP) is 6.61. The lowest BCUT2D eigenvalue weighted by molar-refractivity contribution is -0.384. The Morgan fingerprint density at radius 2 is 1.88 bits per heavy atom. The highest BCUT2D eigenvalue weighted by atomic mass is 16.6. The van der Waals surface area contributed by atoms with Gasteiger partial charge in [0, 0.05) is 34.9 Å². The standard InChI is InChI=1S/C27H20N2O3/c1-27(2)12-4-7-21-22-11-10-20-17(15-28)8-9-19(16-5-3-6-18(13-16)29(31)32)25(20)26(22)24(30)14-23(21)27/h3-11,13H,12,14H2,1-2H3. The summed E-state index contributed by atoms with van der Waals surface area (Å²) in [7, 11) is 0. The van der Waals surface area contributed by atoms with E-state index in [0.29, 0.717) is 33.9 Å². The largest absolute Gasteiger partial charge is 0.294 e. The minimum atomic E-state index is -0.429. The average molecular weight is 420 g/mol. The van der Waals surface area contributed by atoms with E-state index in [9.17, 15) is 20.2 Å². The SMILES string of the molecule is CC1(C)CC=CC2=C1CC(=O)c1c2ccc2c(C#N)ccc(-c3cccc([N+](=O)[O-])c3)c12. The summed E-state index contributed by atoms with van der Waals surface area (Å²) >= 11 is 0. The van der Waals surface area contributed by atoms with Crippen LogP contribution in [0, 0.1) is 26.9 Å². The topological polar surface area (TPSA) is 84.0 Å². The van der Waals surface area contributed by atoms with Crippen LogP contribution in [0.1, 0.15) is 48.2 Å². The van der Waals surface area contributed by atoms with E-state index in [2.05, 4.69) is 32.1 Å². The third kappa shape index (κ3) is 2.88. The molecule has 0 unspecified atom stereocenters. The Balaban J connectivity index is 1.89. The van der Waals surface area contributed by atoms with E-state index >= 15 is 0 Å². The van der Waals surface area contributed by atoms with Crippen molar-refractivity contribution in [1.29, 1.82) is 5.26 Å². The van der Waals surface area contributed by atoms with Crippen molar-refractivity contribution in [3.8, 4) is 17.2 Å². The van der Waals surface area contributed by atoms with Crippen molar-refractivity contribution < 1.29 is 9.72 Å². The lowest BCUT2D eigenvalue weighted by Crippen LogP contribution is -2.24. The number of Topliss-reactive ketones (excluding diaryl/α,β-unsaturated/α-hetero) is 1. The van der Waals surface area contributed by atoms with E-state index in [1.807, 2.05) is 12.1 Å². The van der Waals surface area contributed by atoms with Gasteiger partial charge in [-0.2, -0.15) is 5.26 Å². The number of carbonyl (C=O) groups is 1. The number of nitrogens with zero attached hydrogens (tertiary/aromatic N) is 2. The van der Waals surface area contributed by atoms with Gasteiger partial charge < -0.3 is 0 Å². The maximum absolute atomic E-state index is 13.6. The number of hydrogen-bond acceptors (Lipinski definition) is 4. The van der Waals surface area contributed by atoms with Gasteiger partial charge in [0.15, 0.2) is 5.78 Å². The molecular weight excluding hydrogens is 400 g/mol. The Kier molecular flexibility index (Phi) is 4.35. The molecule has 0 atom stereocenters. The summed E-state index contributed by atoms with van der Waals surface area (Å²) in [6.45, 7) is 4.32. The van der Waals surface area contributed by atoms with Gasteiger partial charge in [0.1, 0.15) is 0 Å². The van der Waals surface area contributed by atoms with Crippen molar-refractivity contribution in [3.05, 3.63) is 93.1 Å². The van der Waals surface area contributed by atoms with Gasteiger partial charge in [-0.05, 0) is 45.7 Å². The minimum Gasteiger partial charge on any atom is -0.294 e. The Bertz CT molecular complexity index is 1450. The van der Waals surface area contributed by atoms with Gasteiger partial charge >= 0.3 is 0 Å². The third-order valence-electron chi connectivity index (χ3n) is 6.63. The molecule has 0 heterocycles. The summed E-state index contributed by atoms with van der Waals surface area (Å²) in [4.78, 5) is 24.5. The first-order valence-electron chi connectivity index (χ1n) is 10.5. The fourth-order valence-corrected chi connectivity index (χ4v) is 4.98. The van der Waals surface area contributed by atoms with Crippen LogP contribution in [0.5, 0.6) is 0 Å². The summed E-state index contributed by atoms with van der Waals surface area (Å²) in [6.07, 6.45) is 5.47. The number of nitro groups is 1. The second-order valence-corrected chi connectivity index (χ2v) is 8.97. The van der Waals surface area contributed by atoms with Crippen molar-refractivity contribution in [1.82, 2.24) is 0 Å². The first-order valence-corrected chi connectivity index (χ1v) is 10.5. The first kappa shape index (κ1) is 19.9. The minimum absolute atomic E-state index is 0.0157. The summed E-state index contributed by atoms with van der Waals surface area (Å²) in [5.41, 5.74) is 5.42. The number of hydrogen-bond donors (Lipinski definition) is 0. The molecular formula is C27H20N2O3. The van der Waals surface area contributed by atoms with Gasteiger partial charge in [-0.3, -0.25) is 14.9 Å². The summed E-state index contributed by atoms with van der Waals surface area (Å²) in [6, 6.07) is 16.0. The molecule has 0 bridgehead atoms. The highest BCUT2D eigenvalue weighted by Gasteiger charge is 2.35. The lowest BCUT2D eigenvalue weighted by atomic mass is 9.68. The van der Waals surface area contributed by atoms with Crippen LogP contribution in [0.4, 0.5) is 5.69 Å². The molecule has 5 heteroatoms. The highest BCUT2D eigenvalue weighted by molar-refractivity contribution is 6.20. The third-order valence-corrected chi connectivity index (χ3v) is 6.63. The number of fused-ring (bicyclic) bond motifs is 4. The maximum atomic E-state index is 13.6. The molecule has 5 rings (SSSR count). The van der Waals surface area contributed by atoms with Crippen LogP contribution in [0.2, 0.25) is 0 Å². The Morgan fingerprint density at radius 1 is 1.09 bits per heavy atom. The van der Waals surface area contributed by atoms with Crippen molar-refractivity contribution in [2.75, 3.05) is 0 Å². The molecule has 0 saturated heterocycles. The van der Waals surface area contributed by atoms with Crippen LogP contribution in [-0.2, 0) is 0 Å². The quantitative estimate of drug-likeness (QED) is 0.345. The van der Waals surface area contributed by atoms with E-state index in [0.717, 1.165) is 28.7 Å². The average Bonchev–Trinajstić information content (AvgIpc) is 2.78. The summed E-state index contributed by atoms with van der Waals surface area (Å²) in [5.74, 6) is 0.0227. The second kappa shape index (κ2) is 7.00. The molecule has 0 N–H and O–H groups in total. The number of non-ortho nitro benzene ring substituents is 1. The Morgan fingerprint density at radius 3 is 2.62 bits per heavy atom. The number of nitro benzene ring substituents is 1. The van der Waals surface area contributed by atoms with Gasteiger partial charge in [-0.1, -0.05) is 56.3 Å². The number of ketones is 1. The molecule has 2 aliphatic carbocycles. The zero-order valence-electron chi connectivity index (χ0n) is 17.8. The normalized spacial score (nSPS) is 16.5. The van der Waals surface area contributed by atoms with E-state index in [-0.39, 0.29) is 16.9 Å². The van der Waals surface area contributed by atoms with Crippen LogP contribution < -0.4 is 0 Å². The van der Waals surface area contributed by atoms with Crippen LogP contribution in [0.3, 0.4) is 0 Å². The molecule has 0 aromatic heterocycles. The van der Waals surface area contributed by atoms with E-state index in [1.54, 1.807) is 24.3 Å². The van der Waals surface area contributed by atoms with E-state index in [4.69, 9.17) is 0 Å². The van der Waals surface area contributed by atoms with Crippen LogP contribution in [0.25, 0.3) is 27.5 Å². The van der Waals surface area contributed by atoms with Gasteiger partial charge in [-0.15, -0.1) is 0 Å². The number of carbonyl (C=O) groups excluding carboxylic acids is 1. The van der Waals surface area contributed by atoms with Crippen LogP contribution >= 0.6 is 0 Å². The monoisotopic (exact) mass is 420 g/mol. The number of rotatable bonds is 2. The van der Waals surface area contributed by atoms with Crippen molar-refractivity contribution in [2.45, 2.75) is 26.7 Å². The highest BCUT2D eigenvalue weighted by Crippen LogP contribution is 2.48. The molecule has 32 heavy (non-hydrogen) atoms. The smallest absolute Gasteiger partial charge is 0.270 e. The van der Waals surface area contributed by atoms with Crippen LogP contribution in [0.15, 0.2) is 66.3 Å². The van der Waals surface area contributed by atoms with Gasteiger partial charge in [0.25, 0.3) is 5.69 Å². The molecule has 0 aliphatic heterocycles. The fourth-order valence-electron chi connectivity index (χ4n) is 4.98. The zero-order valence-corrected chi connectivity index (χ0v) is 17.8. The molecule has 3 aromatic carbocycles. The number of allylic oxidation sites excluding steroid dienone is 4.